The van der Waals surface area contributed by atoms with Gasteiger partial charge in [0.15, 0.2) is 0 Å². The van der Waals surface area contributed by atoms with E-state index in [0.29, 0.717) is 16.9 Å². The van der Waals surface area contributed by atoms with Crippen molar-refractivity contribution >= 4 is 39.0 Å². The van der Waals surface area contributed by atoms with Gasteiger partial charge in [-0.25, -0.2) is 8.42 Å². The molecule has 0 saturated heterocycles. The summed E-state index contributed by atoms with van der Waals surface area (Å²) in [6.07, 6.45) is 0.0965. The number of sulfonamides is 1. The molecule has 1 aliphatic rings. The zero-order chi connectivity index (χ0) is 21.0. The molecular weight excluding hydrogens is 392 g/mol. The van der Waals surface area contributed by atoms with E-state index in [0.717, 1.165) is 0 Å². The van der Waals surface area contributed by atoms with E-state index in [1.807, 2.05) is 13.8 Å². The molecule has 0 fully saturated rings. The molecule has 0 radical (unpaired) electrons. The lowest BCUT2D eigenvalue weighted by Crippen LogP contribution is -2.23. The molecule has 9 heteroatoms. The van der Waals surface area contributed by atoms with Gasteiger partial charge in [-0.05, 0) is 36.4 Å². The van der Waals surface area contributed by atoms with Crippen molar-refractivity contribution in [3.8, 4) is 0 Å². The molecule has 0 spiro atoms. The van der Waals surface area contributed by atoms with Crippen LogP contribution < -0.4 is 15.4 Å². The van der Waals surface area contributed by atoms with E-state index in [1.54, 1.807) is 42.5 Å². The Labute approximate surface area is 169 Å². The lowest BCUT2D eigenvalue weighted by atomic mass is 10.2. The molecule has 0 aromatic heterocycles. The Hall–Kier alpha value is -3.20. The van der Waals surface area contributed by atoms with Crippen molar-refractivity contribution in [2.75, 3.05) is 17.2 Å². The smallest absolute Gasteiger partial charge is 0.263 e. The fourth-order valence-corrected chi connectivity index (χ4v) is 3.92. The first-order chi connectivity index (χ1) is 13.8. The molecule has 0 saturated carbocycles. The van der Waals surface area contributed by atoms with Crippen LogP contribution in [-0.2, 0) is 19.6 Å². The van der Waals surface area contributed by atoms with Gasteiger partial charge >= 0.3 is 0 Å². The van der Waals surface area contributed by atoms with Crippen LogP contribution in [0.25, 0.3) is 0 Å². The van der Waals surface area contributed by atoms with Crippen molar-refractivity contribution in [2.45, 2.75) is 25.2 Å². The lowest BCUT2D eigenvalue weighted by Gasteiger charge is -2.09. The maximum Gasteiger partial charge on any atom is 0.263 e. The van der Waals surface area contributed by atoms with Crippen LogP contribution >= 0.6 is 0 Å². The van der Waals surface area contributed by atoms with E-state index in [-0.39, 0.29) is 41.4 Å². The predicted octanol–water partition coefficient (Wildman–Crippen LogP) is 2.35. The molecule has 8 nitrogen and oxygen atoms in total. The zero-order valence-corrected chi connectivity index (χ0v) is 16.9. The van der Waals surface area contributed by atoms with Gasteiger partial charge in [0.25, 0.3) is 10.0 Å². The van der Waals surface area contributed by atoms with Crippen LogP contribution in [0, 0.1) is 5.92 Å². The Morgan fingerprint density at radius 3 is 2.28 bits per heavy atom. The van der Waals surface area contributed by atoms with Gasteiger partial charge in [-0.3, -0.25) is 19.3 Å². The minimum atomic E-state index is -3.58. The second-order valence-electron chi connectivity index (χ2n) is 6.85. The fraction of sp³-hybridized carbons (Fsp3) is 0.250. The van der Waals surface area contributed by atoms with Crippen LogP contribution in [0.3, 0.4) is 0 Å². The third kappa shape index (κ3) is 5.00. The topological polar surface area (TPSA) is 117 Å². The standard InChI is InChI=1S/C20H22N4O4S/c1-13(2)20(26)23-15-9-7-14(8-10-15)22-18(25)11-12-21-19-16-5-3-4-6-17(16)29(27,28)24-19/h3-10,13H,11-12H2,1-2H3,(H,21,24)(H,22,25)(H,23,26). The highest BCUT2D eigenvalue weighted by Gasteiger charge is 2.29. The minimum absolute atomic E-state index is 0.0787. The lowest BCUT2D eigenvalue weighted by molar-refractivity contribution is -0.119. The maximum absolute atomic E-state index is 12.1. The Bertz CT molecular complexity index is 1060. The first kappa shape index (κ1) is 20.5. The molecule has 3 rings (SSSR count). The number of amides is 2. The fourth-order valence-electron chi connectivity index (χ4n) is 2.67. The number of aliphatic imine (C=N–C) groups is 1. The quantitative estimate of drug-likeness (QED) is 0.673. The summed E-state index contributed by atoms with van der Waals surface area (Å²) in [6, 6.07) is 13.4. The molecule has 29 heavy (non-hydrogen) atoms. The summed E-state index contributed by atoms with van der Waals surface area (Å²) in [7, 11) is -3.58. The van der Waals surface area contributed by atoms with E-state index in [9.17, 15) is 18.0 Å². The normalized spacial score (nSPS) is 15.6. The number of anilines is 2. The van der Waals surface area contributed by atoms with Crippen molar-refractivity contribution < 1.29 is 18.0 Å². The van der Waals surface area contributed by atoms with Gasteiger partial charge in [-0.15, -0.1) is 0 Å². The predicted molar refractivity (Wildman–Crippen MR) is 111 cm³/mol. The van der Waals surface area contributed by atoms with Gasteiger partial charge in [0.1, 0.15) is 5.84 Å². The Morgan fingerprint density at radius 2 is 1.62 bits per heavy atom. The second-order valence-corrected chi connectivity index (χ2v) is 8.50. The molecular formula is C20H22N4O4S. The molecule has 0 aliphatic carbocycles. The SMILES string of the molecule is CC(C)C(=O)Nc1ccc(NC(=O)CCN=C2NS(=O)(=O)c3ccccc32)cc1. The minimum Gasteiger partial charge on any atom is -0.326 e. The number of fused-ring (bicyclic) bond motifs is 1. The number of amidine groups is 1. The number of nitrogens with zero attached hydrogens (tertiary/aromatic N) is 1. The summed E-state index contributed by atoms with van der Waals surface area (Å²) in [6.45, 7) is 3.76. The van der Waals surface area contributed by atoms with Crippen molar-refractivity contribution in [3.63, 3.8) is 0 Å². The summed E-state index contributed by atoms with van der Waals surface area (Å²) in [4.78, 5) is 28.2. The van der Waals surface area contributed by atoms with Crippen LogP contribution in [0.2, 0.25) is 0 Å². The van der Waals surface area contributed by atoms with Crippen LogP contribution in [0.5, 0.6) is 0 Å². The van der Waals surface area contributed by atoms with Crippen molar-refractivity contribution in [3.05, 3.63) is 54.1 Å². The summed E-state index contributed by atoms with van der Waals surface area (Å²) in [5.74, 6) is -0.196. The van der Waals surface area contributed by atoms with Crippen molar-refractivity contribution in [1.82, 2.24) is 4.72 Å². The number of hydrogen-bond acceptors (Lipinski definition) is 5. The Balaban J connectivity index is 1.55. The molecule has 2 aromatic rings. The van der Waals surface area contributed by atoms with Gasteiger partial charge in [0, 0.05) is 29.3 Å². The van der Waals surface area contributed by atoms with E-state index < -0.39 is 10.0 Å². The van der Waals surface area contributed by atoms with Gasteiger partial charge in [0.05, 0.1) is 11.4 Å². The Kier molecular flexibility index (Phi) is 5.97. The highest BCUT2D eigenvalue weighted by atomic mass is 32.2. The van der Waals surface area contributed by atoms with E-state index in [1.165, 1.54) is 6.07 Å². The number of hydrogen-bond donors (Lipinski definition) is 3. The van der Waals surface area contributed by atoms with E-state index >= 15 is 0 Å². The van der Waals surface area contributed by atoms with Crippen LogP contribution in [0.4, 0.5) is 11.4 Å². The maximum atomic E-state index is 12.1. The molecule has 1 aliphatic heterocycles. The van der Waals surface area contributed by atoms with E-state index in [4.69, 9.17) is 0 Å². The second kappa shape index (κ2) is 8.44. The number of rotatable bonds is 6. The summed E-state index contributed by atoms with van der Waals surface area (Å²) < 4.78 is 26.5. The summed E-state index contributed by atoms with van der Waals surface area (Å²) in [5, 5.41) is 5.52. The van der Waals surface area contributed by atoms with Crippen molar-refractivity contribution in [1.29, 1.82) is 0 Å². The number of benzene rings is 2. The van der Waals surface area contributed by atoms with E-state index in [2.05, 4.69) is 20.3 Å². The summed E-state index contributed by atoms with van der Waals surface area (Å²) in [5.41, 5.74) is 1.75. The van der Waals surface area contributed by atoms with Gasteiger partial charge < -0.3 is 10.6 Å². The summed E-state index contributed by atoms with van der Waals surface area (Å²) >= 11 is 0. The number of nitrogens with one attached hydrogen (secondary N) is 3. The van der Waals surface area contributed by atoms with Crippen molar-refractivity contribution in [2.24, 2.45) is 10.9 Å². The van der Waals surface area contributed by atoms with Crippen LogP contribution in [0.1, 0.15) is 25.8 Å². The highest BCUT2D eigenvalue weighted by molar-refractivity contribution is 7.90. The third-order valence-corrected chi connectivity index (χ3v) is 5.63. The first-order valence-electron chi connectivity index (χ1n) is 9.14. The largest absolute Gasteiger partial charge is 0.326 e. The molecule has 0 atom stereocenters. The van der Waals surface area contributed by atoms with Gasteiger partial charge in [-0.2, -0.15) is 0 Å². The van der Waals surface area contributed by atoms with Crippen LogP contribution in [-0.4, -0.2) is 32.6 Å². The molecule has 1 heterocycles. The van der Waals surface area contributed by atoms with Gasteiger partial charge in [0.2, 0.25) is 11.8 Å². The monoisotopic (exact) mass is 414 g/mol. The molecule has 152 valence electrons. The number of carbonyl (C=O) groups is 2. The molecule has 0 bridgehead atoms. The highest BCUT2D eigenvalue weighted by Crippen LogP contribution is 2.22. The molecule has 3 N–H and O–H groups in total. The molecule has 2 aromatic carbocycles. The molecule has 0 unspecified atom stereocenters. The number of carbonyl (C=O) groups excluding carboxylic acids is 2. The first-order valence-corrected chi connectivity index (χ1v) is 10.6. The third-order valence-electron chi connectivity index (χ3n) is 4.23. The van der Waals surface area contributed by atoms with Crippen LogP contribution in [0.15, 0.2) is 58.4 Å². The average molecular weight is 414 g/mol. The Morgan fingerprint density at radius 1 is 1.00 bits per heavy atom. The average Bonchev–Trinajstić information content (AvgIpc) is 2.94. The zero-order valence-electron chi connectivity index (χ0n) is 16.1. The van der Waals surface area contributed by atoms with Gasteiger partial charge in [-0.1, -0.05) is 26.0 Å². The molecule has 2 amide bonds.